The van der Waals surface area contributed by atoms with E-state index in [4.69, 9.17) is 0 Å². The third-order valence-corrected chi connectivity index (χ3v) is 5.02. The quantitative estimate of drug-likeness (QED) is 0.734. The fourth-order valence-corrected chi connectivity index (χ4v) is 3.50. The van der Waals surface area contributed by atoms with E-state index in [2.05, 4.69) is 10.6 Å². The average Bonchev–Trinajstić information content (AvgIpc) is 2.74. The summed E-state index contributed by atoms with van der Waals surface area (Å²) in [5.74, 6) is -0.360. The molecule has 162 valence electrons. The van der Waals surface area contributed by atoms with Crippen molar-refractivity contribution in [2.45, 2.75) is 19.0 Å². The molecule has 1 fully saturated rings. The molecule has 2 aromatic carbocycles. The van der Waals surface area contributed by atoms with Crippen LogP contribution >= 0.6 is 12.4 Å². The van der Waals surface area contributed by atoms with Crippen molar-refractivity contribution in [3.05, 3.63) is 71.5 Å². The van der Waals surface area contributed by atoms with Gasteiger partial charge in [0.15, 0.2) is 0 Å². The number of benzene rings is 2. The van der Waals surface area contributed by atoms with Crippen LogP contribution in [-0.4, -0.2) is 55.0 Å². The number of nitrogens with zero attached hydrogens (tertiary/aromatic N) is 2. The van der Waals surface area contributed by atoms with Gasteiger partial charge in [-0.2, -0.15) is 0 Å². The minimum absolute atomic E-state index is 0. The normalized spacial score (nSPS) is 15.8. The average molecular weight is 435 g/mol. The van der Waals surface area contributed by atoms with Crippen LogP contribution in [0.1, 0.15) is 23.6 Å². The molecule has 30 heavy (non-hydrogen) atoms. The Bertz CT molecular complexity index is 837. The van der Waals surface area contributed by atoms with Crippen LogP contribution in [0, 0.1) is 5.82 Å². The van der Waals surface area contributed by atoms with Gasteiger partial charge in [0, 0.05) is 46.2 Å². The molecule has 0 aliphatic carbocycles. The minimum atomic E-state index is -0.311. The molecule has 2 N–H and O–H groups in total. The van der Waals surface area contributed by atoms with Crippen molar-refractivity contribution in [1.29, 1.82) is 0 Å². The molecule has 8 heteroatoms. The summed E-state index contributed by atoms with van der Waals surface area (Å²) in [4.78, 5) is 28.4. The fourth-order valence-electron chi connectivity index (χ4n) is 3.50. The number of hydrogen-bond donors (Lipinski definition) is 2. The summed E-state index contributed by atoms with van der Waals surface area (Å²) in [6.45, 7) is 2.60. The summed E-state index contributed by atoms with van der Waals surface area (Å²) < 4.78 is 13.6. The highest BCUT2D eigenvalue weighted by atomic mass is 35.5. The number of nitrogens with one attached hydrogen (secondary N) is 2. The highest BCUT2D eigenvalue weighted by molar-refractivity contribution is 5.85. The Kier molecular flexibility index (Phi) is 9.08. The van der Waals surface area contributed by atoms with E-state index in [0.717, 1.165) is 11.1 Å². The lowest BCUT2D eigenvalue weighted by atomic mass is 10.0. The van der Waals surface area contributed by atoms with Crippen LogP contribution < -0.4 is 10.6 Å². The topological polar surface area (TPSA) is 64.7 Å². The molecule has 0 bridgehead atoms. The SMILES string of the molecule is CN(Cc1ccccc1)C(=O)NCCC(=O)N1CCNCC1c1cccc(F)c1.Cl. The third-order valence-electron chi connectivity index (χ3n) is 5.02. The van der Waals surface area contributed by atoms with Crippen molar-refractivity contribution in [2.75, 3.05) is 33.2 Å². The van der Waals surface area contributed by atoms with E-state index in [1.807, 2.05) is 36.4 Å². The zero-order valence-electron chi connectivity index (χ0n) is 17.0. The van der Waals surface area contributed by atoms with Crippen LogP contribution in [-0.2, 0) is 11.3 Å². The summed E-state index contributed by atoms with van der Waals surface area (Å²) in [6.07, 6.45) is 0.205. The number of rotatable bonds is 6. The van der Waals surface area contributed by atoms with Gasteiger partial charge in [0.2, 0.25) is 5.91 Å². The zero-order chi connectivity index (χ0) is 20.6. The summed E-state index contributed by atoms with van der Waals surface area (Å²) in [5.41, 5.74) is 1.82. The van der Waals surface area contributed by atoms with Gasteiger partial charge in [0.05, 0.1) is 6.04 Å². The van der Waals surface area contributed by atoms with Crippen molar-refractivity contribution in [2.24, 2.45) is 0 Å². The highest BCUT2D eigenvalue weighted by Crippen LogP contribution is 2.23. The monoisotopic (exact) mass is 434 g/mol. The molecule has 0 saturated carbocycles. The van der Waals surface area contributed by atoms with E-state index in [0.29, 0.717) is 26.2 Å². The third kappa shape index (κ3) is 6.43. The van der Waals surface area contributed by atoms with E-state index in [9.17, 15) is 14.0 Å². The van der Waals surface area contributed by atoms with Gasteiger partial charge < -0.3 is 20.4 Å². The molecular weight excluding hydrogens is 407 g/mol. The largest absolute Gasteiger partial charge is 0.337 e. The summed E-state index contributed by atoms with van der Waals surface area (Å²) >= 11 is 0. The van der Waals surface area contributed by atoms with Gasteiger partial charge in [-0.25, -0.2) is 9.18 Å². The molecule has 1 aliphatic heterocycles. The number of carbonyl (C=O) groups excluding carboxylic acids is 2. The van der Waals surface area contributed by atoms with Crippen LogP contribution in [0.3, 0.4) is 0 Å². The fraction of sp³-hybridized carbons (Fsp3) is 0.364. The van der Waals surface area contributed by atoms with Crippen LogP contribution in [0.5, 0.6) is 0 Å². The van der Waals surface area contributed by atoms with Crippen LogP contribution in [0.15, 0.2) is 54.6 Å². The second-order valence-electron chi connectivity index (χ2n) is 7.19. The maximum absolute atomic E-state index is 13.6. The van der Waals surface area contributed by atoms with Crippen molar-refractivity contribution in [1.82, 2.24) is 20.4 Å². The van der Waals surface area contributed by atoms with Gasteiger partial charge >= 0.3 is 6.03 Å². The lowest BCUT2D eigenvalue weighted by Gasteiger charge is -2.36. The van der Waals surface area contributed by atoms with E-state index in [1.165, 1.54) is 12.1 Å². The van der Waals surface area contributed by atoms with Crippen molar-refractivity contribution < 1.29 is 14.0 Å². The number of amides is 3. The minimum Gasteiger partial charge on any atom is -0.337 e. The predicted octanol–water partition coefficient (Wildman–Crippen LogP) is 2.95. The second-order valence-corrected chi connectivity index (χ2v) is 7.19. The van der Waals surface area contributed by atoms with E-state index in [1.54, 1.807) is 22.9 Å². The molecule has 1 heterocycles. The van der Waals surface area contributed by atoms with Gasteiger partial charge in [-0.1, -0.05) is 42.5 Å². The number of urea groups is 1. The standard InChI is InChI=1S/C22H27FN4O2.ClH/c1-26(16-17-6-3-2-4-7-17)22(29)25-11-10-21(28)27-13-12-24-15-20(27)18-8-5-9-19(23)14-18;/h2-9,14,20,24H,10-13,15-16H2,1H3,(H,25,29);1H. The Hall–Kier alpha value is -2.64. The molecule has 2 aromatic rings. The van der Waals surface area contributed by atoms with Gasteiger partial charge in [0.25, 0.3) is 0 Å². The first kappa shape index (κ1) is 23.6. The first-order valence-corrected chi connectivity index (χ1v) is 9.83. The van der Waals surface area contributed by atoms with Crippen molar-refractivity contribution in [3.63, 3.8) is 0 Å². The van der Waals surface area contributed by atoms with Gasteiger partial charge in [-0.3, -0.25) is 4.79 Å². The van der Waals surface area contributed by atoms with Gasteiger partial charge in [0.1, 0.15) is 5.82 Å². The van der Waals surface area contributed by atoms with E-state index >= 15 is 0 Å². The molecule has 0 aromatic heterocycles. The molecule has 1 aliphatic rings. The first-order chi connectivity index (χ1) is 14.0. The summed E-state index contributed by atoms with van der Waals surface area (Å²) in [5, 5.41) is 6.06. The summed E-state index contributed by atoms with van der Waals surface area (Å²) in [7, 11) is 1.72. The molecule has 1 atom stereocenters. The lowest BCUT2D eigenvalue weighted by molar-refractivity contribution is -0.134. The van der Waals surface area contributed by atoms with Gasteiger partial charge in [-0.05, 0) is 23.3 Å². The molecule has 1 saturated heterocycles. The maximum Gasteiger partial charge on any atom is 0.317 e. The lowest BCUT2D eigenvalue weighted by Crippen LogP contribution is -2.49. The molecule has 3 rings (SSSR count). The number of carbonyl (C=O) groups is 2. The Labute approximate surface area is 182 Å². The Morgan fingerprint density at radius 2 is 1.97 bits per heavy atom. The molecule has 0 spiro atoms. The second kappa shape index (κ2) is 11.5. The van der Waals surface area contributed by atoms with Crippen molar-refractivity contribution in [3.8, 4) is 0 Å². The van der Waals surface area contributed by atoms with Crippen LogP contribution in [0.25, 0.3) is 0 Å². The highest BCUT2D eigenvalue weighted by Gasteiger charge is 2.27. The first-order valence-electron chi connectivity index (χ1n) is 9.83. The Morgan fingerprint density at radius 1 is 1.20 bits per heavy atom. The molecule has 1 unspecified atom stereocenters. The number of piperazine rings is 1. The molecule has 3 amide bonds. The zero-order valence-corrected chi connectivity index (χ0v) is 17.8. The van der Waals surface area contributed by atoms with Crippen LogP contribution in [0.2, 0.25) is 0 Å². The summed E-state index contributed by atoms with van der Waals surface area (Å²) in [6, 6.07) is 15.7. The van der Waals surface area contributed by atoms with E-state index in [-0.39, 0.29) is 49.2 Å². The molecular formula is C22H28ClFN4O2. The molecule has 0 radical (unpaired) electrons. The smallest absolute Gasteiger partial charge is 0.317 e. The number of hydrogen-bond acceptors (Lipinski definition) is 3. The Balaban J connectivity index is 0.00000320. The van der Waals surface area contributed by atoms with Crippen molar-refractivity contribution >= 4 is 24.3 Å². The maximum atomic E-state index is 13.6. The van der Waals surface area contributed by atoms with Gasteiger partial charge in [-0.15, -0.1) is 12.4 Å². The predicted molar refractivity (Wildman–Crippen MR) is 117 cm³/mol. The van der Waals surface area contributed by atoms with Crippen LogP contribution in [0.4, 0.5) is 9.18 Å². The molecule has 6 nitrogen and oxygen atoms in total. The Morgan fingerprint density at radius 3 is 2.70 bits per heavy atom. The number of halogens is 2. The van der Waals surface area contributed by atoms with E-state index < -0.39 is 0 Å².